The molecule has 0 saturated carbocycles. The first-order valence-electron chi connectivity index (χ1n) is 5.81. The van der Waals surface area contributed by atoms with Gasteiger partial charge in [-0.3, -0.25) is 4.79 Å². The van der Waals surface area contributed by atoms with Crippen LogP contribution in [0.5, 0.6) is 0 Å². The lowest BCUT2D eigenvalue weighted by Gasteiger charge is -2.37. The van der Waals surface area contributed by atoms with Crippen molar-refractivity contribution in [3.05, 3.63) is 23.7 Å². The van der Waals surface area contributed by atoms with E-state index in [0.29, 0.717) is 6.54 Å². The molecule has 18 heavy (non-hydrogen) atoms. The largest absolute Gasteiger partial charge is 0.475 e. The van der Waals surface area contributed by atoms with Crippen LogP contribution in [0.15, 0.2) is 16.5 Å². The summed E-state index contributed by atoms with van der Waals surface area (Å²) in [5.74, 6) is -1.53. The Hall–Kier alpha value is -1.82. The number of aromatic carboxylic acids is 1. The van der Waals surface area contributed by atoms with Gasteiger partial charge in [-0.25, -0.2) is 4.79 Å². The average molecular weight is 252 g/mol. The van der Waals surface area contributed by atoms with Gasteiger partial charge in [0.25, 0.3) is 5.91 Å². The first-order valence-corrected chi connectivity index (χ1v) is 5.81. The molecule has 1 aromatic rings. The van der Waals surface area contributed by atoms with E-state index in [2.05, 4.69) is 4.90 Å². The molecule has 1 N–H and O–H groups in total. The van der Waals surface area contributed by atoms with Gasteiger partial charge in [-0.2, -0.15) is 0 Å². The van der Waals surface area contributed by atoms with Crippen LogP contribution in [0.25, 0.3) is 0 Å². The number of hydrogen-bond donors (Lipinski definition) is 1. The summed E-state index contributed by atoms with van der Waals surface area (Å²) in [4.78, 5) is 26.7. The normalized spacial score (nSPS) is 21.0. The van der Waals surface area contributed by atoms with Gasteiger partial charge < -0.3 is 19.3 Å². The molecule has 0 aliphatic carbocycles. The number of carbonyl (C=O) groups excluding carboxylic acids is 1. The summed E-state index contributed by atoms with van der Waals surface area (Å²) in [5.41, 5.74) is 0. The van der Waals surface area contributed by atoms with Crippen molar-refractivity contribution < 1.29 is 19.1 Å². The van der Waals surface area contributed by atoms with Gasteiger partial charge in [0, 0.05) is 25.7 Å². The highest BCUT2D eigenvalue weighted by Gasteiger charge is 2.28. The predicted molar refractivity (Wildman–Crippen MR) is 63.7 cm³/mol. The maximum absolute atomic E-state index is 12.2. The summed E-state index contributed by atoms with van der Waals surface area (Å²) in [6, 6.07) is 2.81. The Morgan fingerprint density at radius 2 is 2.00 bits per heavy atom. The Kier molecular flexibility index (Phi) is 3.38. The van der Waals surface area contributed by atoms with E-state index in [1.165, 1.54) is 12.1 Å². The Labute approximate surface area is 105 Å². The average Bonchev–Trinajstić information content (AvgIpc) is 2.77. The fraction of sp³-hybridized carbons (Fsp3) is 0.500. The number of furan rings is 1. The van der Waals surface area contributed by atoms with Gasteiger partial charge in [0.15, 0.2) is 5.76 Å². The third-order valence-electron chi connectivity index (χ3n) is 3.12. The lowest BCUT2D eigenvalue weighted by Crippen LogP contribution is -2.52. The summed E-state index contributed by atoms with van der Waals surface area (Å²) in [7, 11) is 2.01. The van der Waals surface area contributed by atoms with E-state index in [-0.39, 0.29) is 23.5 Å². The van der Waals surface area contributed by atoms with E-state index in [1.54, 1.807) is 4.90 Å². The number of rotatable bonds is 2. The number of likely N-dealkylation sites (N-methyl/N-ethyl adjacent to an activating group) is 1. The monoisotopic (exact) mass is 252 g/mol. The SMILES string of the molecule is CC1CN(C)CCN1C(=O)c1ccc(C(=O)O)o1. The molecule has 1 aliphatic heterocycles. The van der Waals surface area contributed by atoms with Crippen LogP contribution in [-0.2, 0) is 0 Å². The molecule has 2 rings (SSSR count). The lowest BCUT2D eigenvalue weighted by molar-refractivity contribution is 0.0497. The minimum atomic E-state index is -1.17. The summed E-state index contributed by atoms with van der Waals surface area (Å²) in [6.45, 7) is 4.20. The zero-order valence-electron chi connectivity index (χ0n) is 10.4. The highest BCUT2D eigenvalue weighted by molar-refractivity contribution is 5.93. The molecule has 1 atom stereocenters. The Bertz CT molecular complexity index is 468. The van der Waals surface area contributed by atoms with E-state index >= 15 is 0 Å². The molecule has 1 saturated heterocycles. The highest BCUT2D eigenvalue weighted by atomic mass is 16.4. The molecule has 1 fully saturated rings. The van der Waals surface area contributed by atoms with Crippen LogP contribution < -0.4 is 0 Å². The van der Waals surface area contributed by atoms with Crippen LogP contribution in [0.1, 0.15) is 28.0 Å². The number of amides is 1. The van der Waals surface area contributed by atoms with Crippen LogP contribution in [-0.4, -0.2) is 59.5 Å². The van der Waals surface area contributed by atoms with Crippen molar-refractivity contribution in [2.45, 2.75) is 13.0 Å². The molecule has 0 aromatic carbocycles. The van der Waals surface area contributed by atoms with Gasteiger partial charge >= 0.3 is 5.97 Å². The number of piperazine rings is 1. The maximum atomic E-state index is 12.2. The topological polar surface area (TPSA) is 74.0 Å². The Morgan fingerprint density at radius 1 is 1.33 bits per heavy atom. The summed E-state index contributed by atoms with van der Waals surface area (Å²) in [5, 5.41) is 8.75. The third kappa shape index (κ3) is 2.38. The first kappa shape index (κ1) is 12.6. The Morgan fingerprint density at radius 3 is 2.56 bits per heavy atom. The van der Waals surface area contributed by atoms with Crippen molar-refractivity contribution in [3.63, 3.8) is 0 Å². The number of carboxylic acids is 1. The lowest BCUT2D eigenvalue weighted by atomic mass is 10.2. The summed E-state index contributed by atoms with van der Waals surface area (Å²) < 4.78 is 5.03. The fourth-order valence-electron chi connectivity index (χ4n) is 2.15. The maximum Gasteiger partial charge on any atom is 0.371 e. The van der Waals surface area contributed by atoms with E-state index < -0.39 is 5.97 Å². The number of carboxylic acid groups (broad SMARTS) is 1. The molecule has 1 unspecified atom stereocenters. The van der Waals surface area contributed by atoms with Crippen LogP contribution in [0.4, 0.5) is 0 Å². The van der Waals surface area contributed by atoms with Crippen molar-refractivity contribution in [1.29, 1.82) is 0 Å². The molecule has 1 amide bonds. The van der Waals surface area contributed by atoms with Gasteiger partial charge in [-0.1, -0.05) is 0 Å². The van der Waals surface area contributed by atoms with Gasteiger partial charge in [0.1, 0.15) is 0 Å². The van der Waals surface area contributed by atoms with E-state index in [4.69, 9.17) is 9.52 Å². The van der Waals surface area contributed by atoms with Crippen LogP contribution in [0.2, 0.25) is 0 Å². The second kappa shape index (κ2) is 4.81. The molecule has 6 heteroatoms. The van der Waals surface area contributed by atoms with Crippen LogP contribution >= 0.6 is 0 Å². The minimum Gasteiger partial charge on any atom is -0.475 e. The molecule has 1 aromatic heterocycles. The smallest absolute Gasteiger partial charge is 0.371 e. The number of nitrogens with zero attached hydrogens (tertiary/aromatic N) is 2. The van der Waals surface area contributed by atoms with Crippen molar-refractivity contribution in [3.8, 4) is 0 Å². The molecule has 0 radical (unpaired) electrons. The van der Waals surface area contributed by atoms with E-state index in [0.717, 1.165) is 13.1 Å². The molecule has 98 valence electrons. The molecular formula is C12H16N2O4. The van der Waals surface area contributed by atoms with Gasteiger partial charge in [-0.15, -0.1) is 0 Å². The van der Waals surface area contributed by atoms with Gasteiger partial charge in [0.2, 0.25) is 5.76 Å². The van der Waals surface area contributed by atoms with Crippen molar-refractivity contribution in [2.75, 3.05) is 26.7 Å². The molecule has 2 heterocycles. The minimum absolute atomic E-state index is 0.0869. The quantitative estimate of drug-likeness (QED) is 0.841. The first-order chi connectivity index (χ1) is 8.49. The van der Waals surface area contributed by atoms with Crippen molar-refractivity contribution >= 4 is 11.9 Å². The molecule has 6 nitrogen and oxygen atoms in total. The second-order valence-corrected chi connectivity index (χ2v) is 4.58. The predicted octanol–water partition coefficient (Wildman–Crippen LogP) is 0.754. The third-order valence-corrected chi connectivity index (χ3v) is 3.12. The number of carbonyl (C=O) groups is 2. The summed E-state index contributed by atoms with van der Waals surface area (Å²) >= 11 is 0. The second-order valence-electron chi connectivity index (χ2n) is 4.58. The molecule has 1 aliphatic rings. The van der Waals surface area contributed by atoms with E-state index in [1.807, 2.05) is 14.0 Å². The Balaban J connectivity index is 2.13. The molecule has 0 bridgehead atoms. The highest BCUT2D eigenvalue weighted by Crippen LogP contribution is 2.15. The fourth-order valence-corrected chi connectivity index (χ4v) is 2.15. The van der Waals surface area contributed by atoms with Crippen LogP contribution in [0, 0.1) is 0 Å². The molecular weight excluding hydrogens is 236 g/mol. The van der Waals surface area contributed by atoms with E-state index in [9.17, 15) is 9.59 Å². The van der Waals surface area contributed by atoms with Crippen LogP contribution in [0.3, 0.4) is 0 Å². The number of hydrogen-bond acceptors (Lipinski definition) is 4. The van der Waals surface area contributed by atoms with Gasteiger partial charge in [0.05, 0.1) is 0 Å². The molecule has 0 spiro atoms. The van der Waals surface area contributed by atoms with Gasteiger partial charge in [-0.05, 0) is 26.1 Å². The van der Waals surface area contributed by atoms with Crippen molar-refractivity contribution in [2.24, 2.45) is 0 Å². The zero-order valence-corrected chi connectivity index (χ0v) is 10.4. The standard InChI is InChI=1S/C12H16N2O4/c1-8-7-13(2)5-6-14(8)11(15)9-3-4-10(18-9)12(16)17/h3-4,8H,5-7H2,1-2H3,(H,16,17). The summed E-state index contributed by atoms with van der Waals surface area (Å²) in [6.07, 6.45) is 0. The van der Waals surface area contributed by atoms with Crippen molar-refractivity contribution in [1.82, 2.24) is 9.80 Å². The zero-order chi connectivity index (χ0) is 13.3.